The first-order valence-electron chi connectivity index (χ1n) is 4.82. The van der Waals surface area contributed by atoms with Crippen LogP contribution < -0.4 is 10.5 Å². The van der Waals surface area contributed by atoms with Gasteiger partial charge in [-0.15, -0.1) is 0 Å². The first-order chi connectivity index (χ1) is 8.88. The lowest BCUT2D eigenvalue weighted by Gasteiger charge is -2.10. The third kappa shape index (κ3) is 3.23. The van der Waals surface area contributed by atoms with Crippen molar-refractivity contribution in [3.63, 3.8) is 0 Å². The topological polar surface area (TPSA) is 48.1 Å². The molecule has 8 heteroatoms. The third-order valence-electron chi connectivity index (χ3n) is 2.11. The molecule has 0 atom stereocenters. The summed E-state index contributed by atoms with van der Waals surface area (Å²) in [5.74, 6) is -0.381. The van der Waals surface area contributed by atoms with Crippen LogP contribution in [0.5, 0.6) is 11.6 Å². The lowest BCUT2D eigenvalue weighted by Crippen LogP contribution is -1.96. The predicted molar refractivity (Wildman–Crippen MR) is 77.9 cm³/mol. The van der Waals surface area contributed by atoms with Gasteiger partial charge in [0.25, 0.3) is 0 Å². The van der Waals surface area contributed by atoms with Crippen molar-refractivity contribution in [2.24, 2.45) is 0 Å². The van der Waals surface area contributed by atoms with Crippen LogP contribution in [0.3, 0.4) is 0 Å². The van der Waals surface area contributed by atoms with Crippen LogP contribution in [-0.2, 0) is 0 Å². The minimum atomic E-state index is -0.627. The zero-order valence-corrected chi connectivity index (χ0v) is 12.9. The van der Waals surface area contributed by atoms with Crippen LogP contribution in [0.25, 0.3) is 0 Å². The molecule has 0 aliphatic rings. The Morgan fingerprint density at radius 2 is 1.79 bits per heavy atom. The van der Waals surface area contributed by atoms with Crippen LogP contribution in [0.15, 0.2) is 22.7 Å². The average Bonchev–Trinajstić information content (AvgIpc) is 2.32. The molecule has 1 heterocycles. The van der Waals surface area contributed by atoms with Gasteiger partial charge in [0.15, 0.2) is 0 Å². The van der Waals surface area contributed by atoms with E-state index in [9.17, 15) is 4.39 Å². The Morgan fingerprint density at radius 3 is 2.47 bits per heavy atom. The van der Waals surface area contributed by atoms with Crippen molar-refractivity contribution in [3.8, 4) is 11.6 Å². The normalized spacial score (nSPS) is 10.6. The van der Waals surface area contributed by atoms with Crippen molar-refractivity contribution >= 4 is 56.6 Å². The van der Waals surface area contributed by atoms with Crippen molar-refractivity contribution < 1.29 is 9.13 Å². The fourth-order valence-electron chi connectivity index (χ4n) is 1.22. The monoisotopic (exact) mass is 384 g/mol. The number of rotatable bonds is 2. The lowest BCUT2D eigenvalue weighted by molar-refractivity contribution is 0.456. The summed E-state index contributed by atoms with van der Waals surface area (Å²) in [5.41, 5.74) is 5.55. The number of aromatic nitrogens is 1. The van der Waals surface area contributed by atoms with Crippen molar-refractivity contribution in [1.29, 1.82) is 0 Å². The number of ether oxygens (including phenoxy) is 1. The number of pyridine rings is 1. The van der Waals surface area contributed by atoms with Gasteiger partial charge in [-0.05, 0) is 28.1 Å². The van der Waals surface area contributed by atoms with Gasteiger partial charge >= 0.3 is 0 Å². The van der Waals surface area contributed by atoms with Gasteiger partial charge in [0.2, 0.25) is 5.88 Å². The Balaban J connectivity index is 2.42. The van der Waals surface area contributed by atoms with E-state index in [4.69, 9.17) is 45.3 Å². The van der Waals surface area contributed by atoms with Gasteiger partial charge in [0.05, 0.1) is 14.5 Å². The molecule has 0 radical (unpaired) electrons. The Kier molecular flexibility index (Phi) is 4.40. The highest BCUT2D eigenvalue weighted by Gasteiger charge is 2.13. The second kappa shape index (κ2) is 5.71. The molecule has 2 N–H and O–H groups in total. The van der Waals surface area contributed by atoms with Gasteiger partial charge in [0, 0.05) is 6.07 Å². The summed E-state index contributed by atoms with van der Waals surface area (Å²) in [7, 11) is 0. The number of nitrogens with zero attached hydrogens (tertiary/aromatic N) is 1. The Bertz CT molecular complexity index is 599. The Hall–Kier alpha value is -0.750. The largest absolute Gasteiger partial charge is 0.436 e. The van der Waals surface area contributed by atoms with E-state index in [1.165, 1.54) is 12.1 Å². The molecule has 1 aromatic heterocycles. The summed E-state index contributed by atoms with van der Waals surface area (Å²) in [4.78, 5) is 3.88. The number of benzene rings is 1. The molecule has 2 aromatic rings. The van der Waals surface area contributed by atoms with E-state index in [1.807, 2.05) is 0 Å². The van der Waals surface area contributed by atoms with Gasteiger partial charge in [-0.1, -0.05) is 34.8 Å². The Morgan fingerprint density at radius 1 is 1.11 bits per heavy atom. The van der Waals surface area contributed by atoms with Gasteiger partial charge in [-0.25, -0.2) is 4.39 Å². The van der Waals surface area contributed by atoms with Crippen molar-refractivity contribution in [2.45, 2.75) is 0 Å². The molecule has 0 aliphatic heterocycles. The molecule has 19 heavy (non-hydrogen) atoms. The summed E-state index contributed by atoms with van der Waals surface area (Å²) in [6, 6.07) is 3.86. The summed E-state index contributed by atoms with van der Waals surface area (Å²) in [5, 5.41) is 0.328. The quantitative estimate of drug-likeness (QED) is 0.711. The van der Waals surface area contributed by atoms with Gasteiger partial charge < -0.3 is 10.5 Å². The molecule has 2 rings (SSSR count). The number of nitrogen functional groups attached to an aromatic ring is 1. The molecule has 0 bridgehead atoms. The smallest absolute Gasteiger partial charge is 0.240 e. The SMILES string of the molecule is Nc1nc(Oc2cc(F)c(Cl)cc2Br)c(Cl)cc1Cl. The molecular weight excluding hydrogens is 381 g/mol. The first kappa shape index (κ1) is 14.7. The molecule has 0 fully saturated rings. The number of anilines is 1. The van der Waals surface area contributed by atoms with E-state index in [0.717, 1.165) is 6.07 Å². The van der Waals surface area contributed by atoms with Gasteiger partial charge in [-0.3, -0.25) is 0 Å². The highest BCUT2D eigenvalue weighted by molar-refractivity contribution is 9.10. The molecule has 0 saturated carbocycles. The second-order valence-electron chi connectivity index (χ2n) is 3.44. The van der Waals surface area contributed by atoms with E-state index >= 15 is 0 Å². The standard InChI is InChI=1S/C11H5BrCl3FN2O/c12-4-1-5(13)8(16)3-9(4)19-11-7(15)2-6(14)10(17)18-11/h1-3H,(H2,17,18). The highest BCUT2D eigenvalue weighted by Crippen LogP contribution is 2.37. The molecule has 3 nitrogen and oxygen atoms in total. The van der Waals surface area contributed by atoms with E-state index in [0.29, 0.717) is 4.47 Å². The van der Waals surface area contributed by atoms with Crippen LogP contribution in [0.4, 0.5) is 10.2 Å². The maximum atomic E-state index is 13.4. The summed E-state index contributed by atoms with van der Waals surface area (Å²) >= 11 is 20.5. The van der Waals surface area contributed by atoms with E-state index < -0.39 is 5.82 Å². The average molecular weight is 386 g/mol. The van der Waals surface area contributed by atoms with Crippen molar-refractivity contribution in [3.05, 3.63) is 43.6 Å². The highest BCUT2D eigenvalue weighted by atomic mass is 79.9. The maximum Gasteiger partial charge on any atom is 0.240 e. The number of halogens is 5. The molecule has 1 aromatic carbocycles. The summed E-state index contributed by atoms with van der Waals surface area (Å²) in [6.07, 6.45) is 0. The molecule has 100 valence electrons. The van der Waals surface area contributed by atoms with Crippen LogP contribution >= 0.6 is 50.7 Å². The fourth-order valence-corrected chi connectivity index (χ4v) is 2.34. The van der Waals surface area contributed by atoms with Gasteiger partial charge in [0.1, 0.15) is 22.4 Å². The number of nitrogens with two attached hydrogens (primary N) is 1. The molecule has 0 aliphatic carbocycles. The minimum Gasteiger partial charge on any atom is -0.436 e. The molecule has 0 amide bonds. The van der Waals surface area contributed by atoms with Crippen molar-refractivity contribution in [1.82, 2.24) is 4.98 Å². The van der Waals surface area contributed by atoms with Gasteiger partial charge in [-0.2, -0.15) is 4.98 Å². The molecule has 0 spiro atoms. The van der Waals surface area contributed by atoms with Crippen LogP contribution in [0.2, 0.25) is 15.1 Å². The minimum absolute atomic E-state index is 0.0194. The predicted octanol–water partition coefficient (Wildman–Crippen LogP) is 5.32. The van der Waals surface area contributed by atoms with Crippen molar-refractivity contribution in [2.75, 3.05) is 5.73 Å². The van der Waals surface area contributed by atoms with Crippen LogP contribution in [0.1, 0.15) is 0 Å². The van der Waals surface area contributed by atoms with E-state index in [1.54, 1.807) is 0 Å². The lowest BCUT2D eigenvalue weighted by atomic mass is 10.3. The third-order valence-corrected chi connectivity index (χ3v) is 3.59. The fraction of sp³-hybridized carbons (Fsp3) is 0. The molecule has 0 unspecified atom stereocenters. The maximum absolute atomic E-state index is 13.4. The molecule has 0 saturated heterocycles. The Labute approximate surface area is 131 Å². The number of hydrogen-bond acceptors (Lipinski definition) is 3. The number of hydrogen-bond donors (Lipinski definition) is 1. The molecular formula is C11H5BrCl3FN2O. The second-order valence-corrected chi connectivity index (χ2v) is 5.52. The zero-order chi connectivity index (χ0) is 14.2. The summed E-state index contributed by atoms with van der Waals surface area (Å²) < 4.78 is 19.2. The van der Waals surface area contributed by atoms with E-state index in [2.05, 4.69) is 20.9 Å². The van der Waals surface area contributed by atoms with E-state index in [-0.39, 0.29) is 32.5 Å². The first-order valence-corrected chi connectivity index (χ1v) is 6.75. The zero-order valence-electron chi connectivity index (χ0n) is 9.05. The van der Waals surface area contributed by atoms with Crippen LogP contribution in [0, 0.1) is 5.82 Å². The summed E-state index contributed by atoms with van der Waals surface area (Å²) in [6.45, 7) is 0. The van der Waals surface area contributed by atoms with Crippen LogP contribution in [-0.4, -0.2) is 4.98 Å².